The van der Waals surface area contributed by atoms with Crippen LogP contribution in [0.25, 0.3) is 0 Å². The Hall–Kier alpha value is -2.68. The van der Waals surface area contributed by atoms with Crippen molar-refractivity contribution < 1.29 is 17.9 Å². The molecule has 0 bridgehead atoms. The molecule has 2 rings (SSSR count). The Morgan fingerprint density at radius 2 is 1.90 bits per heavy atom. The first-order valence-electron chi connectivity index (χ1n) is 5.97. The van der Waals surface area contributed by atoms with Gasteiger partial charge in [-0.3, -0.25) is 0 Å². The summed E-state index contributed by atoms with van der Waals surface area (Å²) in [4.78, 5) is 0. The second-order valence-corrected chi connectivity index (χ2v) is 4.39. The van der Waals surface area contributed by atoms with Crippen molar-refractivity contribution in [3.8, 4) is 17.6 Å². The number of halogens is 3. The average molecular weight is 292 g/mol. The molecule has 0 saturated heterocycles. The Labute approximate surface area is 119 Å². The van der Waals surface area contributed by atoms with E-state index in [1.807, 2.05) is 0 Å². The van der Waals surface area contributed by atoms with Crippen LogP contribution in [0, 0.1) is 18.3 Å². The largest absolute Gasteiger partial charge is 0.457 e. The predicted octanol–water partition coefficient (Wildman–Crippen LogP) is 4.26. The van der Waals surface area contributed by atoms with E-state index in [0.29, 0.717) is 17.0 Å². The van der Waals surface area contributed by atoms with Crippen molar-refractivity contribution >= 4 is 5.69 Å². The van der Waals surface area contributed by atoms with Crippen molar-refractivity contribution in [3.05, 3.63) is 53.1 Å². The smallest absolute Gasteiger partial charge is 0.417 e. The first kappa shape index (κ1) is 14.7. The van der Waals surface area contributed by atoms with E-state index in [0.717, 1.165) is 12.1 Å². The van der Waals surface area contributed by atoms with Gasteiger partial charge >= 0.3 is 6.18 Å². The van der Waals surface area contributed by atoms with Gasteiger partial charge in [0.15, 0.2) is 0 Å². The number of nitrogens with zero attached hydrogens (tertiary/aromatic N) is 1. The second kappa shape index (κ2) is 5.37. The molecule has 2 aromatic carbocycles. The molecule has 2 aromatic rings. The summed E-state index contributed by atoms with van der Waals surface area (Å²) in [5, 5.41) is 8.74. The van der Waals surface area contributed by atoms with Crippen molar-refractivity contribution in [2.24, 2.45) is 0 Å². The van der Waals surface area contributed by atoms with E-state index in [1.165, 1.54) is 12.1 Å². The molecule has 0 aliphatic rings. The Morgan fingerprint density at radius 3 is 2.52 bits per heavy atom. The van der Waals surface area contributed by atoms with Gasteiger partial charge in [0, 0.05) is 11.3 Å². The van der Waals surface area contributed by atoms with Gasteiger partial charge in [-0.2, -0.15) is 18.4 Å². The minimum Gasteiger partial charge on any atom is -0.457 e. The van der Waals surface area contributed by atoms with Crippen LogP contribution in [0.3, 0.4) is 0 Å². The van der Waals surface area contributed by atoms with Gasteiger partial charge in [0.1, 0.15) is 11.5 Å². The summed E-state index contributed by atoms with van der Waals surface area (Å²) in [5.74, 6) is 0.364. The van der Waals surface area contributed by atoms with Crippen LogP contribution in [0.4, 0.5) is 18.9 Å². The van der Waals surface area contributed by atoms with Gasteiger partial charge in [-0.25, -0.2) is 0 Å². The van der Waals surface area contributed by atoms with Gasteiger partial charge in [0.25, 0.3) is 0 Å². The molecule has 0 aliphatic heterocycles. The first-order valence-corrected chi connectivity index (χ1v) is 5.97. The van der Waals surface area contributed by atoms with E-state index in [4.69, 9.17) is 15.7 Å². The number of nitriles is 1. The lowest BCUT2D eigenvalue weighted by molar-refractivity contribution is -0.137. The molecule has 0 amide bonds. The number of anilines is 1. The predicted molar refractivity (Wildman–Crippen MR) is 71.8 cm³/mol. The third-order valence-electron chi connectivity index (χ3n) is 2.97. The monoisotopic (exact) mass is 292 g/mol. The number of ether oxygens (including phenoxy) is 1. The molecular formula is C15H11F3N2O. The van der Waals surface area contributed by atoms with Crippen molar-refractivity contribution in [1.29, 1.82) is 5.26 Å². The Bertz CT molecular complexity index is 718. The summed E-state index contributed by atoms with van der Waals surface area (Å²) in [5.41, 5.74) is 5.36. The van der Waals surface area contributed by atoms with Crippen molar-refractivity contribution in [2.45, 2.75) is 13.1 Å². The summed E-state index contributed by atoms with van der Waals surface area (Å²) < 4.78 is 44.0. The highest BCUT2D eigenvalue weighted by Crippen LogP contribution is 2.36. The SMILES string of the molecule is Cc1c(N)cccc1Oc1ccc(C#N)c(C(F)(F)F)c1. The lowest BCUT2D eigenvalue weighted by Crippen LogP contribution is -2.08. The number of hydrogen-bond donors (Lipinski definition) is 1. The highest BCUT2D eigenvalue weighted by molar-refractivity contribution is 5.54. The number of hydrogen-bond acceptors (Lipinski definition) is 3. The molecule has 0 saturated carbocycles. The molecule has 3 nitrogen and oxygen atoms in total. The molecule has 0 heterocycles. The topological polar surface area (TPSA) is 59.0 Å². The maximum Gasteiger partial charge on any atom is 0.417 e. The van der Waals surface area contributed by atoms with Crippen molar-refractivity contribution in [3.63, 3.8) is 0 Å². The minimum atomic E-state index is -4.62. The summed E-state index contributed by atoms with van der Waals surface area (Å²) >= 11 is 0. The van der Waals surface area contributed by atoms with Gasteiger partial charge in [0.05, 0.1) is 17.2 Å². The molecule has 2 N–H and O–H groups in total. The van der Waals surface area contributed by atoms with Gasteiger partial charge in [0.2, 0.25) is 0 Å². The van der Waals surface area contributed by atoms with Crippen molar-refractivity contribution in [2.75, 3.05) is 5.73 Å². The van der Waals surface area contributed by atoms with Gasteiger partial charge < -0.3 is 10.5 Å². The van der Waals surface area contributed by atoms with Crippen LogP contribution in [-0.4, -0.2) is 0 Å². The molecule has 6 heteroatoms. The molecule has 0 unspecified atom stereocenters. The highest BCUT2D eigenvalue weighted by Gasteiger charge is 2.34. The Morgan fingerprint density at radius 1 is 1.19 bits per heavy atom. The van der Waals surface area contributed by atoms with Crippen LogP contribution in [-0.2, 0) is 6.18 Å². The number of nitrogens with two attached hydrogens (primary N) is 1. The van der Waals surface area contributed by atoms with Crippen LogP contribution in [0.1, 0.15) is 16.7 Å². The van der Waals surface area contributed by atoms with Crippen LogP contribution in [0.2, 0.25) is 0 Å². The number of nitrogen functional groups attached to an aromatic ring is 1. The zero-order chi connectivity index (χ0) is 15.6. The quantitative estimate of drug-likeness (QED) is 0.841. The van der Waals surface area contributed by atoms with E-state index >= 15 is 0 Å². The Kier molecular flexibility index (Phi) is 3.76. The van der Waals surface area contributed by atoms with E-state index in [1.54, 1.807) is 25.1 Å². The fraction of sp³-hybridized carbons (Fsp3) is 0.133. The number of rotatable bonds is 2. The van der Waals surface area contributed by atoms with Gasteiger partial charge in [-0.05, 0) is 37.3 Å². The Balaban J connectivity index is 2.43. The van der Waals surface area contributed by atoms with Crippen LogP contribution in [0.5, 0.6) is 11.5 Å². The molecule has 0 aliphatic carbocycles. The molecule has 0 radical (unpaired) electrons. The van der Waals surface area contributed by atoms with E-state index < -0.39 is 17.3 Å². The molecular weight excluding hydrogens is 281 g/mol. The molecule has 0 spiro atoms. The third-order valence-corrected chi connectivity index (χ3v) is 2.97. The molecule has 0 fully saturated rings. The van der Waals surface area contributed by atoms with Crippen LogP contribution < -0.4 is 10.5 Å². The highest BCUT2D eigenvalue weighted by atomic mass is 19.4. The molecule has 21 heavy (non-hydrogen) atoms. The molecule has 0 atom stereocenters. The fourth-order valence-electron chi connectivity index (χ4n) is 1.79. The first-order chi connectivity index (χ1) is 9.82. The number of alkyl halides is 3. The zero-order valence-electron chi connectivity index (χ0n) is 11.0. The molecule has 108 valence electrons. The third kappa shape index (κ3) is 3.08. The average Bonchev–Trinajstić information content (AvgIpc) is 2.43. The van der Waals surface area contributed by atoms with Crippen LogP contribution >= 0.6 is 0 Å². The van der Waals surface area contributed by atoms with E-state index in [2.05, 4.69) is 0 Å². The fourth-order valence-corrected chi connectivity index (χ4v) is 1.79. The summed E-state index contributed by atoms with van der Waals surface area (Å²) in [6, 6.07) is 9.65. The zero-order valence-corrected chi connectivity index (χ0v) is 11.0. The second-order valence-electron chi connectivity index (χ2n) is 4.39. The van der Waals surface area contributed by atoms with E-state index in [-0.39, 0.29) is 5.75 Å². The lowest BCUT2D eigenvalue weighted by atomic mass is 10.1. The van der Waals surface area contributed by atoms with Gasteiger partial charge in [-0.1, -0.05) is 6.07 Å². The maximum absolute atomic E-state index is 12.9. The maximum atomic E-state index is 12.9. The summed E-state index contributed by atoms with van der Waals surface area (Å²) in [6.07, 6.45) is -4.62. The van der Waals surface area contributed by atoms with Crippen molar-refractivity contribution in [1.82, 2.24) is 0 Å². The minimum absolute atomic E-state index is 0.00461. The van der Waals surface area contributed by atoms with Crippen LogP contribution in [0.15, 0.2) is 36.4 Å². The standard InChI is InChI=1S/C15H11F3N2O/c1-9-13(20)3-2-4-14(9)21-11-6-5-10(8-19)12(7-11)15(16,17)18/h2-7H,20H2,1H3. The summed E-state index contributed by atoms with van der Waals surface area (Å²) in [7, 11) is 0. The lowest BCUT2D eigenvalue weighted by Gasteiger charge is -2.13. The molecule has 0 aromatic heterocycles. The number of benzene rings is 2. The normalized spacial score (nSPS) is 11.0. The summed E-state index contributed by atoms with van der Waals surface area (Å²) in [6.45, 7) is 1.71. The van der Waals surface area contributed by atoms with E-state index in [9.17, 15) is 13.2 Å². The van der Waals surface area contributed by atoms with Gasteiger partial charge in [-0.15, -0.1) is 0 Å².